The van der Waals surface area contributed by atoms with Gasteiger partial charge in [0.15, 0.2) is 5.65 Å². The summed E-state index contributed by atoms with van der Waals surface area (Å²) in [6.45, 7) is 8.79. The van der Waals surface area contributed by atoms with Crippen molar-refractivity contribution in [3.05, 3.63) is 23.5 Å². The molecule has 2 fully saturated rings. The Labute approximate surface area is 164 Å². The summed E-state index contributed by atoms with van der Waals surface area (Å²) in [6.07, 6.45) is 3.17. The van der Waals surface area contributed by atoms with Gasteiger partial charge in [-0.25, -0.2) is 9.67 Å². The molecule has 0 N–H and O–H groups in total. The third-order valence-electron chi connectivity index (χ3n) is 5.50. The highest BCUT2D eigenvalue weighted by Gasteiger charge is 2.32. The first-order chi connectivity index (χ1) is 13.5. The molecule has 2 amide bonds. The molecule has 2 aliphatic heterocycles. The SMILES string of the molecule is Cc1cc(C(=O)N2CCN(C(=O)C3CCCO3)CC2)c2cnn(C(C)C)c2n1. The summed E-state index contributed by atoms with van der Waals surface area (Å²) < 4.78 is 7.35. The zero-order valence-electron chi connectivity index (χ0n) is 16.7. The van der Waals surface area contributed by atoms with Crippen LogP contribution in [-0.4, -0.2) is 75.3 Å². The number of piperazine rings is 1. The van der Waals surface area contributed by atoms with Gasteiger partial charge in [-0.1, -0.05) is 0 Å². The van der Waals surface area contributed by atoms with Crippen LogP contribution in [0.5, 0.6) is 0 Å². The van der Waals surface area contributed by atoms with E-state index in [1.165, 1.54) is 0 Å². The van der Waals surface area contributed by atoms with Crippen molar-refractivity contribution in [2.45, 2.75) is 45.8 Å². The number of rotatable bonds is 3. The topological polar surface area (TPSA) is 80.6 Å². The van der Waals surface area contributed by atoms with E-state index in [1.54, 1.807) is 6.20 Å². The summed E-state index contributed by atoms with van der Waals surface area (Å²) in [5.41, 5.74) is 2.17. The molecule has 0 aliphatic carbocycles. The van der Waals surface area contributed by atoms with Crippen molar-refractivity contribution >= 4 is 22.8 Å². The number of pyridine rings is 1. The summed E-state index contributed by atoms with van der Waals surface area (Å²) in [5, 5.41) is 5.20. The van der Waals surface area contributed by atoms with Crippen LogP contribution < -0.4 is 0 Å². The molecule has 0 saturated carbocycles. The zero-order valence-corrected chi connectivity index (χ0v) is 16.7. The Morgan fingerprint density at radius 3 is 2.54 bits per heavy atom. The molecule has 2 saturated heterocycles. The standard InChI is InChI=1S/C20H27N5O3/c1-13(2)25-18-16(12-21-25)15(11-14(3)22-18)19(26)23-6-8-24(9-7-23)20(27)17-5-4-10-28-17/h11-13,17H,4-10H2,1-3H3. The summed E-state index contributed by atoms with van der Waals surface area (Å²) in [4.78, 5) is 34.0. The number of amides is 2. The zero-order chi connectivity index (χ0) is 19.8. The minimum Gasteiger partial charge on any atom is -0.368 e. The Hall–Kier alpha value is -2.48. The highest BCUT2D eigenvalue weighted by Crippen LogP contribution is 2.23. The van der Waals surface area contributed by atoms with Crippen molar-refractivity contribution in [2.75, 3.05) is 32.8 Å². The Balaban J connectivity index is 1.50. The summed E-state index contributed by atoms with van der Waals surface area (Å²) >= 11 is 0. The molecule has 2 aliphatic rings. The molecule has 8 heteroatoms. The molecule has 2 aromatic rings. The average Bonchev–Trinajstić information content (AvgIpc) is 3.36. The van der Waals surface area contributed by atoms with Gasteiger partial charge in [0.1, 0.15) is 6.10 Å². The molecule has 0 bridgehead atoms. The molecule has 1 unspecified atom stereocenters. The number of hydrogen-bond donors (Lipinski definition) is 0. The normalized spacial score (nSPS) is 20.4. The molecular formula is C20H27N5O3. The third-order valence-corrected chi connectivity index (χ3v) is 5.50. The van der Waals surface area contributed by atoms with E-state index in [9.17, 15) is 9.59 Å². The first-order valence-electron chi connectivity index (χ1n) is 10.00. The van der Waals surface area contributed by atoms with Crippen LogP contribution in [0.2, 0.25) is 0 Å². The highest BCUT2D eigenvalue weighted by molar-refractivity contribution is 6.05. The van der Waals surface area contributed by atoms with E-state index in [0.29, 0.717) is 38.3 Å². The van der Waals surface area contributed by atoms with Gasteiger partial charge in [0.2, 0.25) is 0 Å². The Kier molecular flexibility index (Phi) is 5.05. The van der Waals surface area contributed by atoms with Crippen molar-refractivity contribution in [3.63, 3.8) is 0 Å². The van der Waals surface area contributed by atoms with Gasteiger partial charge >= 0.3 is 0 Å². The quantitative estimate of drug-likeness (QED) is 0.805. The third kappa shape index (κ3) is 3.37. The molecule has 4 heterocycles. The first kappa shape index (κ1) is 18.9. The minimum atomic E-state index is -0.299. The van der Waals surface area contributed by atoms with E-state index in [2.05, 4.69) is 10.1 Å². The van der Waals surface area contributed by atoms with Gasteiger partial charge in [-0.05, 0) is 39.7 Å². The summed E-state index contributed by atoms with van der Waals surface area (Å²) in [5.74, 6) is 0.0352. The number of carbonyl (C=O) groups excluding carboxylic acids is 2. The number of hydrogen-bond acceptors (Lipinski definition) is 5. The highest BCUT2D eigenvalue weighted by atomic mass is 16.5. The van der Waals surface area contributed by atoms with Crippen LogP contribution in [0.3, 0.4) is 0 Å². The molecular weight excluding hydrogens is 358 g/mol. The van der Waals surface area contributed by atoms with Gasteiger partial charge in [0.05, 0.1) is 17.1 Å². The molecule has 0 radical (unpaired) electrons. The molecule has 28 heavy (non-hydrogen) atoms. The van der Waals surface area contributed by atoms with Crippen molar-refractivity contribution in [3.8, 4) is 0 Å². The molecule has 1 atom stereocenters. The molecule has 150 valence electrons. The molecule has 4 rings (SSSR count). The van der Waals surface area contributed by atoms with E-state index in [0.717, 1.165) is 29.6 Å². The lowest BCUT2D eigenvalue weighted by Crippen LogP contribution is -2.52. The van der Waals surface area contributed by atoms with Gasteiger partial charge in [0.25, 0.3) is 11.8 Å². The number of nitrogens with zero attached hydrogens (tertiary/aromatic N) is 5. The first-order valence-corrected chi connectivity index (χ1v) is 10.00. The fourth-order valence-electron chi connectivity index (χ4n) is 3.97. The van der Waals surface area contributed by atoms with E-state index in [-0.39, 0.29) is 24.0 Å². The maximum atomic E-state index is 13.2. The smallest absolute Gasteiger partial charge is 0.254 e. The second-order valence-corrected chi connectivity index (χ2v) is 7.85. The number of aromatic nitrogens is 3. The van der Waals surface area contributed by atoms with Crippen molar-refractivity contribution in [2.24, 2.45) is 0 Å². The van der Waals surface area contributed by atoms with Gasteiger partial charge < -0.3 is 14.5 Å². The number of fused-ring (bicyclic) bond motifs is 1. The molecule has 0 spiro atoms. The predicted octanol–water partition coefficient (Wildman–Crippen LogP) is 1.78. The Morgan fingerprint density at radius 2 is 1.89 bits per heavy atom. The predicted molar refractivity (Wildman–Crippen MR) is 104 cm³/mol. The van der Waals surface area contributed by atoms with Crippen molar-refractivity contribution < 1.29 is 14.3 Å². The fourth-order valence-corrected chi connectivity index (χ4v) is 3.97. The molecule has 2 aromatic heterocycles. The number of aryl methyl sites for hydroxylation is 1. The second-order valence-electron chi connectivity index (χ2n) is 7.85. The lowest BCUT2D eigenvalue weighted by Gasteiger charge is -2.35. The van der Waals surface area contributed by atoms with Crippen molar-refractivity contribution in [1.82, 2.24) is 24.6 Å². The lowest BCUT2D eigenvalue weighted by molar-refractivity contribution is -0.142. The Bertz CT molecular complexity index is 893. The van der Waals surface area contributed by atoms with Gasteiger partial charge in [-0.3, -0.25) is 9.59 Å². The van der Waals surface area contributed by atoms with Crippen LogP contribution in [0, 0.1) is 6.92 Å². The van der Waals surface area contributed by atoms with Gasteiger partial charge in [-0.15, -0.1) is 0 Å². The van der Waals surface area contributed by atoms with Crippen LogP contribution >= 0.6 is 0 Å². The van der Waals surface area contributed by atoms with Crippen LogP contribution in [-0.2, 0) is 9.53 Å². The minimum absolute atomic E-state index is 0.0250. The number of ether oxygens (including phenoxy) is 1. The Morgan fingerprint density at radius 1 is 1.18 bits per heavy atom. The molecule has 0 aromatic carbocycles. The largest absolute Gasteiger partial charge is 0.368 e. The number of carbonyl (C=O) groups is 2. The second kappa shape index (κ2) is 7.50. The van der Waals surface area contributed by atoms with Crippen LogP contribution in [0.4, 0.5) is 0 Å². The molecule has 8 nitrogen and oxygen atoms in total. The van der Waals surface area contributed by atoms with Crippen LogP contribution in [0.15, 0.2) is 12.3 Å². The maximum absolute atomic E-state index is 13.2. The van der Waals surface area contributed by atoms with E-state index >= 15 is 0 Å². The van der Waals surface area contributed by atoms with Crippen LogP contribution in [0.25, 0.3) is 11.0 Å². The lowest BCUT2D eigenvalue weighted by atomic mass is 10.1. The monoisotopic (exact) mass is 385 g/mol. The van der Waals surface area contributed by atoms with E-state index in [1.807, 2.05) is 41.3 Å². The van der Waals surface area contributed by atoms with Crippen LogP contribution in [0.1, 0.15) is 48.8 Å². The summed E-state index contributed by atoms with van der Waals surface area (Å²) in [6, 6.07) is 2.00. The summed E-state index contributed by atoms with van der Waals surface area (Å²) in [7, 11) is 0. The van der Waals surface area contributed by atoms with E-state index < -0.39 is 0 Å². The van der Waals surface area contributed by atoms with Gasteiger partial charge in [-0.2, -0.15) is 5.10 Å². The van der Waals surface area contributed by atoms with Crippen molar-refractivity contribution in [1.29, 1.82) is 0 Å². The van der Waals surface area contributed by atoms with E-state index in [4.69, 9.17) is 4.74 Å². The fraction of sp³-hybridized carbons (Fsp3) is 0.600. The van der Waals surface area contributed by atoms with Gasteiger partial charge in [0, 0.05) is 44.5 Å². The maximum Gasteiger partial charge on any atom is 0.254 e. The average molecular weight is 385 g/mol.